The molecule has 4 nitrogen and oxygen atoms in total. The maximum absolute atomic E-state index is 11.4. The predicted octanol–water partition coefficient (Wildman–Crippen LogP) is 1.01. The molecular formula is C12H18N2O2. The van der Waals surface area contributed by atoms with Gasteiger partial charge in [-0.3, -0.25) is 4.79 Å². The van der Waals surface area contributed by atoms with Gasteiger partial charge in [-0.05, 0) is 6.07 Å². The summed E-state index contributed by atoms with van der Waals surface area (Å²) in [6, 6.07) is 7.25. The van der Waals surface area contributed by atoms with Gasteiger partial charge in [-0.1, -0.05) is 32.0 Å². The van der Waals surface area contributed by atoms with Gasteiger partial charge in [-0.25, -0.2) is 0 Å². The largest absolute Gasteiger partial charge is 0.508 e. The first kappa shape index (κ1) is 12.5. The second kappa shape index (κ2) is 6.12. The van der Waals surface area contributed by atoms with Crippen molar-refractivity contribution >= 4 is 5.91 Å². The lowest BCUT2D eigenvalue weighted by Gasteiger charge is -2.09. The van der Waals surface area contributed by atoms with Crippen LogP contribution in [-0.4, -0.2) is 23.6 Å². The average Bonchev–Trinajstić information content (AvgIpc) is 2.25. The van der Waals surface area contributed by atoms with Gasteiger partial charge >= 0.3 is 0 Å². The predicted molar refractivity (Wildman–Crippen MR) is 63.1 cm³/mol. The maximum atomic E-state index is 11.4. The van der Waals surface area contributed by atoms with Crippen molar-refractivity contribution in [3.63, 3.8) is 0 Å². The molecule has 0 saturated carbocycles. The van der Waals surface area contributed by atoms with E-state index < -0.39 is 0 Å². The number of nitrogens with one attached hydrogen (secondary N) is 2. The van der Waals surface area contributed by atoms with Crippen LogP contribution < -0.4 is 10.6 Å². The van der Waals surface area contributed by atoms with Crippen LogP contribution in [0.5, 0.6) is 5.75 Å². The molecule has 3 N–H and O–H groups in total. The summed E-state index contributed by atoms with van der Waals surface area (Å²) >= 11 is 0. The number of amides is 1. The molecule has 0 atom stereocenters. The summed E-state index contributed by atoms with van der Waals surface area (Å²) in [6.07, 6.45) is 0. The molecule has 0 aromatic heterocycles. The van der Waals surface area contributed by atoms with E-state index in [1.54, 1.807) is 18.2 Å². The van der Waals surface area contributed by atoms with Gasteiger partial charge in [-0.2, -0.15) is 0 Å². The van der Waals surface area contributed by atoms with E-state index in [9.17, 15) is 9.90 Å². The number of benzene rings is 1. The third-order valence-electron chi connectivity index (χ3n) is 2.14. The Kier molecular flexibility index (Phi) is 4.79. The van der Waals surface area contributed by atoms with Crippen LogP contribution in [0.4, 0.5) is 0 Å². The molecule has 1 amide bonds. The number of aromatic hydroxyl groups is 1. The zero-order chi connectivity index (χ0) is 12.0. The first-order valence-corrected chi connectivity index (χ1v) is 5.36. The van der Waals surface area contributed by atoms with Crippen molar-refractivity contribution in [3.05, 3.63) is 29.8 Å². The number of para-hydroxylation sites is 1. The van der Waals surface area contributed by atoms with Crippen molar-refractivity contribution in [2.24, 2.45) is 0 Å². The number of phenolic OH excluding ortho intramolecular Hbond substituents is 1. The van der Waals surface area contributed by atoms with E-state index >= 15 is 0 Å². The Bertz CT molecular complexity index is 351. The molecule has 0 radical (unpaired) electrons. The zero-order valence-corrected chi connectivity index (χ0v) is 9.66. The van der Waals surface area contributed by atoms with Gasteiger partial charge in [0.2, 0.25) is 5.91 Å². The van der Waals surface area contributed by atoms with Crippen LogP contribution >= 0.6 is 0 Å². The van der Waals surface area contributed by atoms with Gasteiger partial charge in [0.1, 0.15) is 5.75 Å². The van der Waals surface area contributed by atoms with Crippen LogP contribution in [0.15, 0.2) is 24.3 Å². The van der Waals surface area contributed by atoms with E-state index in [4.69, 9.17) is 0 Å². The highest BCUT2D eigenvalue weighted by atomic mass is 16.3. The van der Waals surface area contributed by atoms with Gasteiger partial charge in [0.25, 0.3) is 0 Å². The highest BCUT2D eigenvalue weighted by Gasteiger charge is 2.04. The molecule has 16 heavy (non-hydrogen) atoms. The third-order valence-corrected chi connectivity index (χ3v) is 2.14. The Morgan fingerprint density at radius 2 is 2.06 bits per heavy atom. The number of carbonyl (C=O) groups excluding carboxylic acids is 1. The Morgan fingerprint density at radius 3 is 2.69 bits per heavy atom. The molecule has 4 heteroatoms. The molecule has 0 fully saturated rings. The minimum Gasteiger partial charge on any atom is -0.508 e. The molecule has 0 heterocycles. The minimum absolute atomic E-state index is 0.0723. The van der Waals surface area contributed by atoms with Gasteiger partial charge in [0.05, 0.1) is 6.54 Å². The number of hydrogen-bond donors (Lipinski definition) is 3. The van der Waals surface area contributed by atoms with Crippen molar-refractivity contribution < 1.29 is 9.90 Å². The van der Waals surface area contributed by atoms with Crippen LogP contribution in [0.1, 0.15) is 19.4 Å². The second-order valence-electron chi connectivity index (χ2n) is 3.94. The molecule has 1 aromatic carbocycles. The molecule has 1 aromatic rings. The molecule has 88 valence electrons. The van der Waals surface area contributed by atoms with Crippen LogP contribution in [0, 0.1) is 0 Å². The van der Waals surface area contributed by atoms with Crippen molar-refractivity contribution in [1.82, 2.24) is 10.6 Å². The van der Waals surface area contributed by atoms with E-state index in [-0.39, 0.29) is 17.7 Å². The normalized spacial score (nSPS) is 10.4. The Morgan fingerprint density at radius 1 is 1.38 bits per heavy atom. The number of hydrogen-bond acceptors (Lipinski definition) is 3. The highest BCUT2D eigenvalue weighted by molar-refractivity contribution is 5.78. The van der Waals surface area contributed by atoms with E-state index in [1.165, 1.54) is 0 Å². The first-order valence-electron chi connectivity index (χ1n) is 5.36. The van der Waals surface area contributed by atoms with Crippen LogP contribution in [0.2, 0.25) is 0 Å². The summed E-state index contributed by atoms with van der Waals surface area (Å²) in [6.45, 7) is 4.61. The van der Waals surface area contributed by atoms with Crippen molar-refractivity contribution in [1.29, 1.82) is 0 Å². The topological polar surface area (TPSA) is 61.4 Å². The summed E-state index contributed by atoms with van der Waals surface area (Å²) in [5.74, 6) is 0.136. The zero-order valence-electron chi connectivity index (χ0n) is 9.66. The lowest BCUT2D eigenvalue weighted by atomic mass is 10.2. The van der Waals surface area contributed by atoms with Crippen molar-refractivity contribution in [2.45, 2.75) is 26.4 Å². The Hall–Kier alpha value is -1.55. The number of phenols is 1. The molecule has 0 aliphatic rings. The summed E-state index contributed by atoms with van der Waals surface area (Å²) in [5, 5.41) is 15.2. The fraction of sp³-hybridized carbons (Fsp3) is 0.417. The number of carbonyl (C=O) groups is 1. The summed E-state index contributed by atoms with van der Waals surface area (Å²) in [4.78, 5) is 11.4. The van der Waals surface area contributed by atoms with E-state index in [0.29, 0.717) is 13.1 Å². The van der Waals surface area contributed by atoms with E-state index in [1.807, 2.05) is 19.9 Å². The summed E-state index contributed by atoms with van der Waals surface area (Å²) in [5.41, 5.74) is 0.723. The van der Waals surface area contributed by atoms with Gasteiger partial charge in [0.15, 0.2) is 0 Å². The SMILES string of the molecule is CC(C)NCC(=O)NCc1ccccc1O. The Balaban J connectivity index is 2.35. The number of rotatable bonds is 5. The third kappa shape index (κ3) is 4.31. The fourth-order valence-electron chi connectivity index (χ4n) is 1.21. The summed E-state index contributed by atoms with van der Waals surface area (Å²) < 4.78 is 0. The van der Waals surface area contributed by atoms with E-state index in [0.717, 1.165) is 5.56 Å². The maximum Gasteiger partial charge on any atom is 0.234 e. The fourth-order valence-corrected chi connectivity index (χ4v) is 1.21. The molecule has 0 spiro atoms. The second-order valence-corrected chi connectivity index (χ2v) is 3.94. The van der Waals surface area contributed by atoms with Crippen LogP contribution in [0.25, 0.3) is 0 Å². The molecular weight excluding hydrogens is 204 g/mol. The van der Waals surface area contributed by atoms with Gasteiger partial charge < -0.3 is 15.7 Å². The minimum atomic E-state index is -0.0723. The lowest BCUT2D eigenvalue weighted by Crippen LogP contribution is -2.36. The Labute approximate surface area is 95.7 Å². The van der Waals surface area contributed by atoms with Gasteiger partial charge in [0, 0.05) is 18.2 Å². The van der Waals surface area contributed by atoms with Crippen LogP contribution in [0.3, 0.4) is 0 Å². The van der Waals surface area contributed by atoms with Crippen molar-refractivity contribution in [3.8, 4) is 5.75 Å². The van der Waals surface area contributed by atoms with Crippen LogP contribution in [-0.2, 0) is 11.3 Å². The monoisotopic (exact) mass is 222 g/mol. The molecule has 0 bridgehead atoms. The molecule has 1 rings (SSSR count). The summed E-state index contributed by atoms with van der Waals surface area (Å²) in [7, 11) is 0. The molecule has 0 saturated heterocycles. The van der Waals surface area contributed by atoms with Crippen molar-refractivity contribution in [2.75, 3.05) is 6.54 Å². The molecule has 0 aliphatic carbocycles. The standard InChI is InChI=1S/C12H18N2O2/c1-9(2)13-8-12(16)14-7-10-5-3-4-6-11(10)15/h3-6,9,13,15H,7-8H2,1-2H3,(H,14,16). The molecule has 0 unspecified atom stereocenters. The average molecular weight is 222 g/mol. The highest BCUT2D eigenvalue weighted by Crippen LogP contribution is 2.14. The quantitative estimate of drug-likeness (QED) is 0.696. The molecule has 0 aliphatic heterocycles. The van der Waals surface area contributed by atoms with E-state index in [2.05, 4.69) is 10.6 Å². The smallest absolute Gasteiger partial charge is 0.234 e. The van der Waals surface area contributed by atoms with Gasteiger partial charge in [-0.15, -0.1) is 0 Å². The lowest BCUT2D eigenvalue weighted by molar-refractivity contribution is -0.120. The first-order chi connectivity index (χ1) is 7.59.